The Hall–Kier alpha value is -6.13. The molecule has 5 fully saturated rings. The maximum atomic E-state index is 14.5. The fourth-order valence-corrected chi connectivity index (χ4v) is 12.3. The molecule has 1 aliphatic heterocycles. The molecule has 1 saturated heterocycles. The molecule has 21 nitrogen and oxygen atoms in total. The number of carbonyl (C=O) groups is 6. The van der Waals surface area contributed by atoms with Crippen molar-refractivity contribution in [1.29, 1.82) is 0 Å². The van der Waals surface area contributed by atoms with Crippen molar-refractivity contribution in [3.05, 3.63) is 53.7 Å². The van der Waals surface area contributed by atoms with Crippen LogP contribution < -0.4 is 25.4 Å². The Labute approximate surface area is 446 Å². The van der Waals surface area contributed by atoms with Gasteiger partial charge in [0.1, 0.15) is 23.3 Å². The van der Waals surface area contributed by atoms with Crippen molar-refractivity contribution in [3.63, 3.8) is 0 Å². The molecule has 0 atom stereocenters. The minimum Gasteiger partial charge on any atom is -0.496 e. The van der Waals surface area contributed by atoms with Crippen LogP contribution in [-0.2, 0) is 24.0 Å². The lowest BCUT2D eigenvalue weighted by molar-refractivity contribution is -0.163. The Morgan fingerprint density at radius 2 is 1.29 bits per heavy atom. The molecule has 3 aromatic rings. The predicted molar refractivity (Wildman–Crippen MR) is 286 cm³/mol. The van der Waals surface area contributed by atoms with E-state index in [0.717, 1.165) is 81.3 Å². The molecule has 6 N–H and O–H groups in total. The molecular weight excluding hydrogens is 977 g/mol. The van der Waals surface area contributed by atoms with Gasteiger partial charge in [-0.1, -0.05) is 19.9 Å². The van der Waals surface area contributed by atoms with Gasteiger partial charge in [0.2, 0.25) is 5.91 Å². The van der Waals surface area contributed by atoms with Crippen LogP contribution in [0, 0.1) is 23.7 Å². The lowest BCUT2D eigenvalue weighted by atomic mass is 9.48. The van der Waals surface area contributed by atoms with Gasteiger partial charge < -0.3 is 50.4 Å². The smallest absolute Gasteiger partial charge is 0.330 e. The number of nitrogens with zero attached hydrogens (tertiary/aromatic N) is 7. The molecule has 2 aromatic carbocycles. The number of nitrogens with one attached hydrogen (secondary N) is 3. The van der Waals surface area contributed by atoms with Gasteiger partial charge in [-0.3, -0.25) is 38.8 Å². The number of aldehydes is 1. The summed E-state index contributed by atoms with van der Waals surface area (Å²) in [7, 11) is 5.21. The van der Waals surface area contributed by atoms with Gasteiger partial charge in [0, 0.05) is 71.1 Å². The zero-order valence-electron chi connectivity index (χ0n) is 45.0. The van der Waals surface area contributed by atoms with Crippen molar-refractivity contribution in [2.75, 3.05) is 131 Å². The van der Waals surface area contributed by atoms with Gasteiger partial charge >= 0.3 is 17.9 Å². The van der Waals surface area contributed by atoms with E-state index < -0.39 is 29.4 Å². The highest BCUT2D eigenvalue weighted by molar-refractivity contribution is 5.98. The molecule has 76 heavy (non-hydrogen) atoms. The van der Waals surface area contributed by atoms with Crippen molar-refractivity contribution >= 4 is 41.7 Å². The SMILES string of the molecule is COc1cccc(OC)c1-c1cc(C(=O)NC2(C(=O)O)C3CC4CC(C3)CC2C4)nn1-c1ccc(NCCCN(C)CCCNC(=O)CN2CCN(CC=O)CCN(CC(=O)O)CCN(CC(=O)O)CC2)cc1C(C)C. The average molecular weight is 1060 g/mol. The number of carboxylic acids is 3. The summed E-state index contributed by atoms with van der Waals surface area (Å²) in [4.78, 5) is 85.2. The van der Waals surface area contributed by atoms with E-state index in [9.17, 15) is 44.1 Å². The summed E-state index contributed by atoms with van der Waals surface area (Å²) in [6.07, 6.45) is 6.80. The Bertz CT molecular complexity index is 2450. The quantitative estimate of drug-likeness (QED) is 0.0525. The van der Waals surface area contributed by atoms with Gasteiger partial charge in [-0.15, -0.1) is 0 Å². The molecule has 5 aliphatic rings. The second kappa shape index (κ2) is 26.8. The van der Waals surface area contributed by atoms with Crippen LogP contribution in [0.4, 0.5) is 5.69 Å². The van der Waals surface area contributed by atoms with Crippen LogP contribution in [0.5, 0.6) is 11.5 Å². The zero-order valence-corrected chi connectivity index (χ0v) is 45.0. The van der Waals surface area contributed by atoms with Crippen molar-refractivity contribution in [3.8, 4) is 28.4 Å². The number of anilines is 1. The highest BCUT2D eigenvalue weighted by Crippen LogP contribution is 2.58. The minimum atomic E-state index is -1.34. The van der Waals surface area contributed by atoms with Gasteiger partial charge in [0.15, 0.2) is 5.69 Å². The summed E-state index contributed by atoms with van der Waals surface area (Å²) in [6.45, 7) is 10.3. The second-order valence-corrected chi connectivity index (χ2v) is 21.6. The topological polar surface area (TPSA) is 252 Å². The van der Waals surface area contributed by atoms with E-state index in [-0.39, 0.29) is 55.5 Å². The first-order chi connectivity index (χ1) is 36.5. The molecule has 4 aliphatic carbocycles. The molecule has 8 rings (SSSR count). The number of amides is 2. The van der Waals surface area contributed by atoms with Gasteiger partial charge in [-0.25, -0.2) is 9.48 Å². The molecule has 0 radical (unpaired) electrons. The van der Waals surface area contributed by atoms with E-state index in [1.165, 1.54) is 0 Å². The fraction of sp³-hybridized carbons (Fsp3) is 0.618. The Morgan fingerprint density at radius 1 is 0.750 bits per heavy atom. The molecule has 4 bridgehead atoms. The normalized spacial score (nSPS) is 22.7. The van der Waals surface area contributed by atoms with E-state index >= 15 is 0 Å². The summed E-state index contributed by atoms with van der Waals surface area (Å²) in [5.74, 6) is -1.69. The van der Waals surface area contributed by atoms with Crippen LogP contribution >= 0.6 is 0 Å². The summed E-state index contributed by atoms with van der Waals surface area (Å²) in [6, 6.07) is 13.3. The summed E-state index contributed by atoms with van der Waals surface area (Å²) >= 11 is 0. The van der Waals surface area contributed by atoms with E-state index in [4.69, 9.17) is 14.6 Å². The third kappa shape index (κ3) is 14.5. The first-order valence-corrected chi connectivity index (χ1v) is 27.0. The molecule has 4 saturated carbocycles. The highest BCUT2D eigenvalue weighted by Gasteiger charge is 2.62. The van der Waals surface area contributed by atoms with E-state index in [2.05, 4.69) is 47.8 Å². The number of aromatic nitrogens is 2. The number of carboxylic acid groups (broad SMARTS) is 3. The summed E-state index contributed by atoms with van der Waals surface area (Å²) in [5.41, 5.74) is 2.60. The van der Waals surface area contributed by atoms with Crippen molar-refractivity contribution in [2.45, 2.75) is 70.3 Å². The molecule has 2 amide bonds. The number of rotatable bonds is 25. The Kier molecular flexibility index (Phi) is 20.3. The first-order valence-electron chi connectivity index (χ1n) is 27.0. The molecule has 1 aromatic heterocycles. The number of benzene rings is 2. The van der Waals surface area contributed by atoms with Crippen LogP contribution in [0.1, 0.15) is 80.8 Å². The number of ether oxygens (including phenoxy) is 2. The number of aliphatic carboxylic acids is 3. The lowest BCUT2D eigenvalue weighted by Gasteiger charge is -2.59. The maximum Gasteiger partial charge on any atom is 0.330 e. The standard InChI is InChI=1S/C55H80N10O11/c1-37(2)43-32-42(56-13-7-15-60(3)16-8-14-57-49(67)34-62-19-17-61(25-26-66)18-20-63(35-50(68)69)23-24-64(22-21-62)36-51(70)71)11-12-45(43)65-46(52-47(75-4)9-6-10-48(52)76-5)33-44(59-65)53(72)58-55(54(73)74)40-28-38-27-39(30-40)31-41(55)29-38/h6,9-12,26,32-33,37-41,56H,7-8,13-25,27-31,34-36H2,1-5H3,(H,57,67)(H,58,72)(H,68,69)(H,70,71)(H,73,74). The molecule has 2 heterocycles. The molecular formula is C55H80N10O11. The Morgan fingerprint density at radius 3 is 1.80 bits per heavy atom. The number of carbonyl (C=O) groups excluding carboxylic acids is 3. The third-order valence-corrected chi connectivity index (χ3v) is 16.0. The van der Waals surface area contributed by atoms with Gasteiger partial charge in [0.05, 0.1) is 57.3 Å². The highest BCUT2D eigenvalue weighted by atomic mass is 16.5. The van der Waals surface area contributed by atoms with Crippen LogP contribution in [0.25, 0.3) is 16.9 Å². The van der Waals surface area contributed by atoms with Crippen molar-refractivity contribution in [2.24, 2.45) is 23.7 Å². The minimum absolute atomic E-state index is 0.0471. The largest absolute Gasteiger partial charge is 0.496 e. The zero-order chi connectivity index (χ0) is 54.5. The van der Waals surface area contributed by atoms with E-state index in [0.29, 0.717) is 100 Å². The molecule has 416 valence electrons. The van der Waals surface area contributed by atoms with Crippen LogP contribution in [0.15, 0.2) is 42.5 Å². The van der Waals surface area contributed by atoms with E-state index in [1.54, 1.807) is 34.8 Å². The average Bonchev–Trinajstić information content (AvgIpc) is 3.84. The van der Waals surface area contributed by atoms with Gasteiger partial charge in [-0.05, 0) is 137 Å². The molecule has 0 spiro atoms. The first kappa shape index (κ1) is 57.6. The van der Waals surface area contributed by atoms with Crippen LogP contribution in [-0.4, -0.2) is 217 Å². The second-order valence-electron chi connectivity index (χ2n) is 21.6. The summed E-state index contributed by atoms with van der Waals surface area (Å²) < 4.78 is 13.4. The van der Waals surface area contributed by atoms with Crippen LogP contribution in [0.2, 0.25) is 0 Å². The molecule has 0 unspecified atom stereocenters. The number of methoxy groups -OCH3 is 2. The van der Waals surface area contributed by atoms with Crippen LogP contribution in [0.3, 0.4) is 0 Å². The van der Waals surface area contributed by atoms with Gasteiger partial charge in [0.25, 0.3) is 5.91 Å². The van der Waals surface area contributed by atoms with E-state index in [1.807, 2.05) is 40.1 Å². The predicted octanol–water partition coefficient (Wildman–Crippen LogP) is 3.52. The number of hydrogen-bond acceptors (Lipinski definition) is 15. The Balaban J connectivity index is 0.941. The lowest BCUT2D eigenvalue weighted by Crippen LogP contribution is -2.70. The maximum absolute atomic E-state index is 14.5. The monoisotopic (exact) mass is 1060 g/mol. The molecule has 21 heteroatoms. The third-order valence-electron chi connectivity index (χ3n) is 16.0. The fourth-order valence-electron chi connectivity index (χ4n) is 12.3. The summed E-state index contributed by atoms with van der Waals surface area (Å²) in [5, 5.41) is 44.5. The van der Waals surface area contributed by atoms with Crippen molar-refractivity contribution < 1.29 is 53.6 Å². The van der Waals surface area contributed by atoms with Gasteiger partial charge in [-0.2, -0.15) is 5.10 Å². The number of hydrogen-bond donors (Lipinski definition) is 6. The van der Waals surface area contributed by atoms with Crippen molar-refractivity contribution in [1.82, 2.24) is 44.9 Å².